The molecule has 10 nitrogen and oxygen atoms in total. The van der Waals surface area contributed by atoms with E-state index in [1.54, 1.807) is 0 Å². The minimum Gasteiger partial charge on any atom is -0.344 e. The fourth-order valence-corrected chi connectivity index (χ4v) is 3.83. The van der Waals surface area contributed by atoms with E-state index in [2.05, 4.69) is 41.8 Å². The molecule has 0 amide bonds. The third kappa shape index (κ3) is 25.4. The van der Waals surface area contributed by atoms with E-state index in [-0.39, 0.29) is 30.4 Å². The zero-order valence-electron chi connectivity index (χ0n) is 22.7. The van der Waals surface area contributed by atoms with Gasteiger partial charge in [-0.15, -0.1) is 0 Å². The minimum atomic E-state index is -5.22. The van der Waals surface area contributed by atoms with Crippen molar-refractivity contribution in [2.24, 2.45) is 0 Å². The molecule has 0 heterocycles. The average Bonchev–Trinajstić information content (AvgIpc) is 2.56. The average molecular weight is 505 g/mol. The van der Waals surface area contributed by atoms with Crippen LogP contribution in [0.1, 0.15) is 77.2 Å². The summed E-state index contributed by atoms with van der Waals surface area (Å²) in [6.07, 6.45) is 12.0. The Hall–Kier alpha value is -0.900. The zero-order chi connectivity index (χ0) is 25.0. The molecule has 0 spiro atoms. The highest BCUT2D eigenvalue weighted by atomic mass is 31.3. The standard InChI is InChI=1S/C20H36O7P2.3H3N/c1-17(2)9-6-10-18(3)11-7-12-19(4)13-8-14-20(5)15-16-26-29(24,25)27-28(21,22)23;;;/h9,11,13,15H,6-8,10,12,14,16H2,1-5H3,(H,24,25)(H2,21,22,23);3*1H3/b18-11+,19-13+,20-15+;;;/i5D3;;;. The Morgan fingerprint density at radius 2 is 1.22 bits per heavy atom. The molecular formula is C20H45N3O7P2. The SMILES string of the molecule is N.N.N.[2H]C([2H])([2H])/C(=C\COP(=O)(O)OP(=O)(O)O)CC/C=C(\C)CC/C=C(\C)CCC=C(C)C. The van der Waals surface area contributed by atoms with Gasteiger partial charge in [0.05, 0.1) is 6.61 Å². The van der Waals surface area contributed by atoms with Crippen molar-refractivity contribution in [2.45, 2.75) is 73.1 Å². The lowest BCUT2D eigenvalue weighted by Crippen LogP contribution is -1.94. The number of allylic oxidation sites excluding steroid dienone is 7. The van der Waals surface area contributed by atoms with Gasteiger partial charge in [0.25, 0.3) is 0 Å². The van der Waals surface area contributed by atoms with Crippen LogP contribution in [0.15, 0.2) is 46.6 Å². The van der Waals surface area contributed by atoms with Gasteiger partial charge >= 0.3 is 15.6 Å². The summed E-state index contributed by atoms with van der Waals surface area (Å²) in [5, 5.41) is 0. The molecule has 0 aliphatic rings. The van der Waals surface area contributed by atoms with Crippen molar-refractivity contribution in [3.8, 4) is 0 Å². The second-order valence-corrected chi connectivity index (χ2v) is 9.89. The van der Waals surface area contributed by atoms with Gasteiger partial charge in [-0.05, 0) is 73.1 Å². The number of hydrogen-bond acceptors (Lipinski definition) is 7. The Bertz CT molecular complexity index is 819. The molecule has 0 rings (SSSR count). The van der Waals surface area contributed by atoms with Crippen LogP contribution in [-0.2, 0) is 18.0 Å². The van der Waals surface area contributed by atoms with Crippen molar-refractivity contribution in [1.29, 1.82) is 0 Å². The van der Waals surface area contributed by atoms with Crippen LogP contribution in [0, 0.1) is 0 Å². The first-order chi connectivity index (χ1) is 14.5. The molecule has 12 N–H and O–H groups in total. The van der Waals surface area contributed by atoms with Crippen LogP contribution < -0.4 is 18.5 Å². The molecule has 32 heavy (non-hydrogen) atoms. The molecule has 0 fully saturated rings. The van der Waals surface area contributed by atoms with E-state index in [9.17, 15) is 14.0 Å². The third-order valence-electron chi connectivity index (χ3n) is 3.81. The van der Waals surface area contributed by atoms with Crippen LogP contribution in [0.3, 0.4) is 0 Å². The first-order valence-corrected chi connectivity index (χ1v) is 12.4. The summed E-state index contributed by atoms with van der Waals surface area (Å²) in [6.45, 7) is 5.19. The Balaban J connectivity index is -0.00000160. The lowest BCUT2D eigenvalue weighted by atomic mass is 10.0. The fraction of sp³-hybridized carbons (Fsp3) is 0.600. The van der Waals surface area contributed by atoms with Crippen LogP contribution >= 0.6 is 15.6 Å². The maximum Gasteiger partial charge on any atom is 0.481 e. The lowest BCUT2D eigenvalue weighted by molar-refractivity contribution is 0.191. The molecule has 0 saturated carbocycles. The van der Waals surface area contributed by atoms with E-state index < -0.39 is 29.1 Å². The van der Waals surface area contributed by atoms with Gasteiger partial charge in [0.1, 0.15) is 0 Å². The second-order valence-electron chi connectivity index (χ2n) is 7.06. The van der Waals surface area contributed by atoms with Gasteiger partial charge in [-0.3, -0.25) is 4.52 Å². The number of phosphoric ester groups is 1. The van der Waals surface area contributed by atoms with Gasteiger partial charge < -0.3 is 33.1 Å². The monoisotopic (exact) mass is 504 g/mol. The summed E-state index contributed by atoms with van der Waals surface area (Å²) in [6, 6.07) is 0. The molecular weight excluding hydrogens is 456 g/mol. The number of phosphoric acid groups is 2. The van der Waals surface area contributed by atoms with Crippen molar-refractivity contribution >= 4 is 15.6 Å². The molecule has 1 unspecified atom stereocenters. The Labute approximate surface area is 197 Å². The smallest absolute Gasteiger partial charge is 0.344 e. The van der Waals surface area contributed by atoms with E-state index in [0.29, 0.717) is 6.42 Å². The molecule has 1 atom stereocenters. The summed E-state index contributed by atoms with van der Waals surface area (Å²) in [7, 11) is -10.2. The lowest BCUT2D eigenvalue weighted by Gasteiger charge is -2.11. The van der Waals surface area contributed by atoms with E-state index in [4.69, 9.17) is 13.9 Å². The summed E-state index contributed by atoms with van der Waals surface area (Å²) in [5.74, 6) is 0. The van der Waals surface area contributed by atoms with E-state index >= 15 is 0 Å². The fourth-order valence-electron chi connectivity index (χ4n) is 2.31. The third-order valence-corrected chi connectivity index (χ3v) is 5.96. The molecule has 0 aliphatic carbocycles. The molecule has 0 radical (unpaired) electrons. The number of hydrogen-bond donors (Lipinski definition) is 6. The molecule has 12 heteroatoms. The molecule has 0 aromatic heterocycles. The topological polar surface area (TPSA) is 218 Å². The highest BCUT2D eigenvalue weighted by Crippen LogP contribution is 2.57. The van der Waals surface area contributed by atoms with Gasteiger partial charge in [0.2, 0.25) is 0 Å². The van der Waals surface area contributed by atoms with Gasteiger partial charge in [-0.2, -0.15) is 4.31 Å². The quantitative estimate of drug-likeness (QED) is 0.107. The van der Waals surface area contributed by atoms with Gasteiger partial charge in [0.15, 0.2) is 0 Å². The Kier molecular flexibility index (Phi) is 19.0. The van der Waals surface area contributed by atoms with E-state index in [0.717, 1.165) is 37.3 Å². The van der Waals surface area contributed by atoms with Crippen molar-refractivity contribution in [3.05, 3.63) is 46.6 Å². The van der Waals surface area contributed by atoms with Crippen molar-refractivity contribution in [3.63, 3.8) is 0 Å². The summed E-state index contributed by atoms with van der Waals surface area (Å²) < 4.78 is 52.9. The van der Waals surface area contributed by atoms with Crippen molar-refractivity contribution in [2.75, 3.05) is 6.61 Å². The number of rotatable bonds is 14. The summed E-state index contributed by atoms with van der Waals surface area (Å²) >= 11 is 0. The predicted molar refractivity (Wildman–Crippen MR) is 132 cm³/mol. The largest absolute Gasteiger partial charge is 0.481 e. The van der Waals surface area contributed by atoms with Crippen LogP contribution in [0.4, 0.5) is 0 Å². The first kappa shape index (κ1) is 31.1. The van der Waals surface area contributed by atoms with Crippen molar-refractivity contribution in [1.82, 2.24) is 18.5 Å². The minimum absolute atomic E-state index is 0. The van der Waals surface area contributed by atoms with Crippen LogP contribution in [0.5, 0.6) is 0 Å². The molecule has 0 aromatic rings. The molecule has 0 saturated heterocycles. The molecule has 0 bridgehead atoms. The highest BCUT2D eigenvalue weighted by Gasteiger charge is 2.31. The normalized spacial score (nSPS) is 16.2. The van der Waals surface area contributed by atoms with Gasteiger partial charge in [-0.25, -0.2) is 9.13 Å². The van der Waals surface area contributed by atoms with Gasteiger partial charge in [-0.1, -0.05) is 46.6 Å². The molecule has 0 aliphatic heterocycles. The van der Waals surface area contributed by atoms with E-state index in [1.807, 2.05) is 13.0 Å². The first-order valence-electron chi connectivity index (χ1n) is 10.9. The van der Waals surface area contributed by atoms with Crippen LogP contribution in [0.2, 0.25) is 0 Å². The maximum atomic E-state index is 11.4. The second kappa shape index (κ2) is 19.6. The Morgan fingerprint density at radius 1 is 0.781 bits per heavy atom. The predicted octanol–water partition coefficient (Wildman–Crippen LogP) is 6.84. The summed E-state index contributed by atoms with van der Waals surface area (Å²) in [4.78, 5) is 26.4. The molecule has 0 aromatic carbocycles. The van der Waals surface area contributed by atoms with Gasteiger partial charge in [0, 0.05) is 4.11 Å². The highest BCUT2D eigenvalue weighted by molar-refractivity contribution is 7.60. The summed E-state index contributed by atoms with van der Waals surface area (Å²) in [5.41, 5.74) is 3.81. The van der Waals surface area contributed by atoms with Crippen LogP contribution in [0.25, 0.3) is 0 Å². The van der Waals surface area contributed by atoms with Crippen molar-refractivity contribution < 1.29 is 36.8 Å². The van der Waals surface area contributed by atoms with E-state index in [1.165, 1.54) is 11.1 Å². The maximum absolute atomic E-state index is 11.4. The molecule has 192 valence electrons. The zero-order valence-corrected chi connectivity index (χ0v) is 21.5. The Morgan fingerprint density at radius 3 is 1.62 bits per heavy atom. The van der Waals surface area contributed by atoms with Crippen LogP contribution in [-0.4, -0.2) is 21.3 Å².